The lowest BCUT2D eigenvalue weighted by atomic mass is 9.88. The fourth-order valence-electron chi connectivity index (χ4n) is 3.82. The maximum atomic E-state index is 13.6. The molecule has 3 aromatic heterocycles. The van der Waals surface area contributed by atoms with Crippen LogP contribution in [0.4, 0.5) is 0 Å². The number of fused-ring (bicyclic) bond motifs is 5. The second kappa shape index (κ2) is 6.52. The Morgan fingerprint density at radius 2 is 1.96 bits per heavy atom. The first-order chi connectivity index (χ1) is 12.9. The van der Waals surface area contributed by atoms with Crippen LogP contribution in [-0.4, -0.2) is 36.7 Å². The highest BCUT2D eigenvalue weighted by molar-refractivity contribution is 7.71. The molecule has 0 atom stereocenters. The van der Waals surface area contributed by atoms with E-state index >= 15 is 0 Å². The lowest BCUT2D eigenvalue weighted by Crippen LogP contribution is -2.45. The zero-order chi connectivity index (χ0) is 18.9. The molecule has 0 unspecified atom stereocenters. The molecular formula is C19H20ClN5OS2. The van der Waals surface area contributed by atoms with Gasteiger partial charge in [0.05, 0.1) is 11.1 Å². The van der Waals surface area contributed by atoms with Crippen molar-refractivity contribution in [2.75, 3.05) is 7.05 Å². The standard InChI is InChI=1S/C19H19N5OS2.ClH/c1-19(2)9-12-13(10-22(19)3)27-16-14(12)15(25)23(11-7-5-4-6-8-11)17-20-21-18(26)24(16)17;/h4-8H,9-10H2,1-3H3,(H,21,26);1H. The highest BCUT2D eigenvalue weighted by atomic mass is 35.5. The Morgan fingerprint density at radius 1 is 1.25 bits per heavy atom. The number of para-hydroxylation sites is 1. The maximum Gasteiger partial charge on any atom is 0.268 e. The van der Waals surface area contributed by atoms with Gasteiger partial charge in [-0.25, -0.2) is 14.1 Å². The molecule has 0 radical (unpaired) electrons. The topological polar surface area (TPSA) is 58.3 Å². The first-order valence-electron chi connectivity index (χ1n) is 8.81. The Morgan fingerprint density at radius 3 is 2.68 bits per heavy atom. The third kappa shape index (κ3) is 2.59. The minimum atomic E-state index is -0.0319. The molecule has 0 saturated heterocycles. The number of benzene rings is 1. The smallest absolute Gasteiger partial charge is 0.268 e. The number of aromatic nitrogens is 4. The predicted octanol–water partition coefficient (Wildman–Crippen LogP) is 3.95. The number of nitrogens with zero attached hydrogens (tertiary/aromatic N) is 4. The van der Waals surface area contributed by atoms with Crippen molar-refractivity contribution in [3.8, 4) is 5.69 Å². The summed E-state index contributed by atoms with van der Waals surface area (Å²) in [5.74, 6) is 0.523. The summed E-state index contributed by atoms with van der Waals surface area (Å²) in [5, 5.41) is 7.99. The molecule has 1 N–H and O–H groups in total. The minimum Gasteiger partial charge on any atom is -0.296 e. The van der Waals surface area contributed by atoms with Crippen LogP contribution in [0.25, 0.3) is 21.7 Å². The van der Waals surface area contributed by atoms with Gasteiger partial charge in [0.15, 0.2) is 0 Å². The van der Waals surface area contributed by atoms with Gasteiger partial charge in [0.25, 0.3) is 5.56 Å². The van der Waals surface area contributed by atoms with Crippen LogP contribution in [0.2, 0.25) is 0 Å². The summed E-state index contributed by atoms with van der Waals surface area (Å²) in [7, 11) is 2.13. The van der Waals surface area contributed by atoms with Crippen molar-refractivity contribution in [1.29, 1.82) is 0 Å². The van der Waals surface area contributed by atoms with Gasteiger partial charge < -0.3 is 0 Å². The van der Waals surface area contributed by atoms with E-state index in [1.165, 1.54) is 4.88 Å². The van der Waals surface area contributed by atoms with E-state index in [0.717, 1.165) is 34.4 Å². The lowest BCUT2D eigenvalue weighted by molar-refractivity contribution is 0.136. The van der Waals surface area contributed by atoms with Crippen LogP contribution < -0.4 is 5.56 Å². The van der Waals surface area contributed by atoms with E-state index in [0.29, 0.717) is 10.5 Å². The summed E-state index contributed by atoms with van der Waals surface area (Å²) >= 11 is 7.15. The van der Waals surface area contributed by atoms with Crippen molar-refractivity contribution < 1.29 is 0 Å². The Balaban J connectivity index is 0.00000192. The van der Waals surface area contributed by atoms with Gasteiger partial charge in [-0.1, -0.05) is 18.2 Å². The summed E-state index contributed by atoms with van der Waals surface area (Å²) in [5.41, 5.74) is 1.90. The fourth-order valence-corrected chi connectivity index (χ4v) is 5.46. The van der Waals surface area contributed by atoms with Crippen molar-refractivity contribution in [1.82, 2.24) is 24.1 Å². The molecular weight excluding hydrogens is 414 g/mol. The zero-order valence-corrected chi connectivity index (χ0v) is 18.2. The van der Waals surface area contributed by atoms with Crippen LogP contribution in [0, 0.1) is 4.77 Å². The third-order valence-corrected chi connectivity index (χ3v) is 7.06. The number of thiophene rings is 1. The average Bonchev–Trinajstić information content (AvgIpc) is 3.17. The first-order valence-corrected chi connectivity index (χ1v) is 10.0. The number of hydrogen-bond donors (Lipinski definition) is 1. The van der Waals surface area contributed by atoms with E-state index in [1.807, 2.05) is 34.7 Å². The van der Waals surface area contributed by atoms with Crippen LogP contribution in [0.5, 0.6) is 0 Å². The van der Waals surface area contributed by atoms with Gasteiger partial charge in [-0.3, -0.25) is 9.69 Å². The fraction of sp³-hybridized carbons (Fsp3) is 0.316. The van der Waals surface area contributed by atoms with Gasteiger partial charge in [0, 0.05) is 17.0 Å². The van der Waals surface area contributed by atoms with Crippen molar-refractivity contribution in [2.45, 2.75) is 32.4 Å². The summed E-state index contributed by atoms with van der Waals surface area (Å²) in [6.45, 7) is 5.27. The molecule has 4 heterocycles. The minimum absolute atomic E-state index is 0. The molecule has 0 amide bonds. The largest absolute Gasteiger partial charge is 0.296 e. The van der Waals surface area contributed by atoms with Crippen molar-refractivity contribution in [3.05, 3.63) is 55.9 Å². The summed E-state index contributed by atoms with van der Waals surface area (Å²) in [6, 6.07) is 9.62. The Bertz CT molecular complexity index is 1320. The van der Waals surface area contributed by atoms with E-state index in [-0.39, 0.29) is 23.5 Å². The van der Waals surface area contributed by atoms with Gasteiger partial charge in [-0.05, 0) is 57.2 Å². The van der Waals surface area contributed by atoms with Gasteiger partial charge in [-0.15, -0.1) is 28.8 Å². The van der Waals surface area contributed by atoms with Gasteiger partial charge >= 0.3 is 0 Å². The number of likely N-dealkylation sites (N-methyl/N-ethyl adjacent to an activating group) is 1. The van der Waals surface area contributed by atoms with E-state index in [9.17, 15) is 4.79 Å². The van der Waals surface area contributed by atoms with Crippen molar-refractivity contribution in [3.63, 3.8) is 0 Å². The molecule has 0 bridgehead atoms. The number of hydrogen-bond acceptors (Lipinski definition) is 5. The van der Waals surface area contributed by atoms with E-state index in [4.69, 9.17) is 12.2 Å². The van der Waals surface area contributed by atoms with Crippen LogP contribution in [-0.2, 0) is 13.0 Å². The van der Waals surface area contributed by atoms with Crippen molar-refractivity contribution in [2.24, 2.45) is 0 Å². The van der Waals surface area contributed by atoms with Crippen molar-refractivity contribution >= 4 is 52.0 Å². The zero-order valence-electron chi connectivity index (χ0n) is 15.7. The predicted molar refractivity (Wildman–Crippen MR) is 118 cm³/mol. The second-order valence-corrected chi connectivity index (χ2v) is 9.14. The molecule has 9 heteroatoms. The summed E-state index contributed by atoms with van der Waals surface area (Å²) in [4.78, 5) is 18.1. The first kappa shape index (κ1) is 19.3. The molecule has 6 nitrogen and oxygen atoms in total. The number of rotatable bonds is 1. The molecule has 0 aliphatic carbocycles. The monoisotopic (exact) mass is 433 g/mol. The molecule has 28 heavy (non-hydrogen) atoms. The number of nitrogens with one attached hydrogen (secondary N) is 1. The summed E-state index contributed by atoms with van der Waals surface area (Å²) < 4.78 is 4.06. The average molecular weight is 434 g/mol. The van der Waals surface area contributed by atoms with Gasteiger partial charge in [0.1, 0.15) is 4.83 Å². The molecule has 1 aliphatic rings. The third-order valence-electron chi connectivity index (χ3n) is 5.58. The molecule has 1 aliphatic heterocycles. The Hall–Kier alpha value is -2.00. The lowest BCUT2D eigenvalue weighted by Gasteiger charge is -2.39. The van der Waals surface area contributed by atoms with E-state index < -0.39 is 0 Å². The Labute approximate surface area is 176 Å². The Kier molecular flexibility index (Phi) is 4.50. The van der Waals surface area contributed by atoms with Crippen LogP contribution in [0.1, 0.15) is 24.3 Å². The van der Waals surface area contributed by atoms with E-state index in [1.54, 1.807) is 15.9 Å². The normalized spacial score (nSPS) is 16.2. The summed E-state index contributed by atoms with van der Waals surface area (Å²) in [6.07, 6.45) is 0.833. The van der Waals surface area contributed by atoms with E-state index in [2.05, 4.69) is 36.0 Å². The molecule has 5 rings (SSSR count). The molecule has 1 aromatic carbocycles. The number of halogens is 1. The SMILES string of the molecule is CN1Cc2sc3c(c2CC1(C)C)c(=O)n(-c1ccccc1)c1n[nH]c(=S)n31.Cl. The highest BCUT2D eigenvalue weighted by Gasteiger charge is 2.34. The molecule has 4 aromatic rings. The van der Waals surface area contributed by atoms with Gasteiger partial charge in [-0.2, -0.15) is 0 Å². The van der Waals surface area contributed by atoms with Crippen LogP contribution in [0.3, 0.4) is 0 Å². The maximum absolute atomic E-state index is 13.6. The highest BCUT2D eigenvalue weighted by Crippen LogP contribution is 2.38. The molecule has 0 saturated carbocycles. The number of aromatic amines is 1. The molecule has 0 fully saturated rings. The molecule has 0 spiro atoms. The molecule has 146 valence electrons. The quantitative estimate of drug-likeness (QED) is 0.462. The number of H-pyrrole nitrogens is 1. The van der Waals surface area contributed by atoms with Crippen LogP contribution >= 0.6 is 36.0 Å². The van der Waals surface area contributed by atoms with Crippen LogP contribution in [0.15, 0.2) is 35.1 Å². The van der Waals surface area contributed by atoms with Gasteiger partial charge in [0.2, 0.25) is 10.5 Å². The second-order valence-electron chi connectivity index (χ2n) is 7.67.